The Morgan fingerprint density at radius 1 is 1.32 bits per heavy atom. The summed E-state index contributed by atoms with van der Waals surface area (Å²) in [5.74, 6) is 2.02. The van der Waals surface area contributed by atoms with Crippen molar-refractivity contribution >= 4 is 0 Å². The maximum absolute atomic E-state index is 5.97. The molecule has 0 amide bonds. The highest BCUT2D eigenvalue weighted by molar-refractivity contribution is 5.44. The maximum atomic E-state index is 5.97. The van der Waals surface area contributed by atoms with E-state index in [1.165, 1.54) is 11.1 Å². The molecule has 2 aromatic rings. The van der Waals surface area contributed by atoms with Crippen LogP contribution >= 0.6 is 0 Å². The summed E-state index contributed by atoms with van der Waals surface area (Å²) in [4.78, 5) is 4.43. The molecule has 1 unspecified atom stereocenters. The number of imidazole rings is 1. The van der Waals surface area contributed by atoms with E-state index in [0.29, 0.717) is 6.54 Å². The zero-order valence-corrected chi connectivity index (χ0v) is 12.0. The number of aryl methyl sites for hydroxylation is 3. The molecule has 2 N–H and O–H groups in total. The first kappa shape index (κ1) is 13.6. The molecular formula is C15H21N3O. The Bertz CT molecular complexity index is 575. The second-order valence-corrected chi connectivity index (χ2v) is 4.86. The van der Waals surface area contributed by atoms with Gasteiger partial charge in [-0.25, -0.2) is 4.98 Å². The SMILES string of the molecule is COc1cc(C)c(C(CN)c2nccn2C)cc1C. The van der Waals surface area contributed by atoms with Gasteiger partial charge >= 0.3 is 0 Å². The van der Waals surface area contributed by atoms with Crippen LogP contribution in [0, 0.1) is 13.8 Å². The van der Waals surface area contributed by atoms with Gasteiger partial charge in [-0.1, -0.05) is 6.07 Å². The van der Waals surface area contributed by atoms with Gasteiger partial charge < -0.3 is 15.0 Å². The smallest absolute Gasteiger partial charge is 0.122 e. The molecule has 1 atom stereocenters. The average Bonchev–Trinajstić information content (AvgIpc) is 2.80. The van der Waals surface area contributed by atoms with E-state index in [2.05, 4.69) is 24.0 Å². The van der Waals surface area contributed by atoms with Crippen molar-refractivity contribution in [2.75, 3.05) is 13.7 Å². The van der Waals surface area contributed by atoms with Crippen molar-refractivity contribution in [1.82, 2.24) is 9.55 Å². The largest absolute Gasteiger partial charge is 0.496 e. The van der Waals surface area contributed by atoms with E-state index in [1.807, 2.05) is 30.9 Å². The van der Waals surface area contributed by atoms with Gasteiger partial charge in [0.25, 0.3) is 0 Å². The van der Waals surface area contributed by atoms with E-state index < -0.39 is 0 Å². The van der Waals surface area contributed by atoms with Crippen LogP contribution in [0.1, 0.15) is 28.4 Å². The summed E-state index contributed by atoms with van der Waals surface area (Å²) in [6.45, 7) is 4.67. The summed E-state index contributed by atoms with van der Waals surface area (Å²) >= 11 is 0. The van der Waals surface area contributed by atoms with Gasteiger partial charge in [0.15, 0.2) is 0 Å². The van der Waals surface area contributed by atoms with Gasteiger partial charge in [0.05, 0.1) is 13.0 Å². The second kappa shape index (κ2) is 5.45. The van der Waals surface area contributed by atoms with E-state index in [9.17, 15) is 0 Å². The molecule has 0 saturated heterocycles. The van der Waals surface area contributed by atoms with Gasteiger partial charge in [-0.05, 0) is 36.6 Å². The molecule has 4 nitrogen and oxygen atoms in total. The summed E-state index contributed by atoms with van der Waals surface area (Å²) in [5, 5.41) is 0. The molecule has 2 rings (SSSR count). The van der Waals surface area contributed by atoms with E-state index in [-0.39, 0.29) is 5.92 Å². The Hall–Kier alpha value is -1.81. The molecule has 0 bridgehead atoms. The van der Waals surface area contributed by atoms with Gasteiger partial charge in [0.2, 0.25) is 0 Å². The molecule has 0 radical (unpaired) electrons. The lowest BCUT2D eigenvalue weighted by molar-refractivity contribution is 0.411. The maximum Gasteiger partial charge on any atom is 0.122 e. The van der Waals surface area contributed by atoms with Gasteiger partial charge in [-0.2, -0.15) is 0 Å². The molecule has 0 fully saturated rings. The van der Waals surface area contributed by atoms with Crippen LogP contribution in [0.15, 0.2) is 24.5 Å². The quantitative estimate of drug-likeness (QED) is 0.915. The van der Waals surface area contributed by atoms with Crippen molar-refractivity contribution < 1.29 is 4.74 Å². The zero-order valence-electron chi connectivity index (χ0n) is 12.0. The molecule has 1 aromatic carbocycles. The number of ether oxygens (including phenoxy) is 1. The molecule has 0 spiro atoms. The molecule has 0 aliphatic rings. The van der Waals surface area contributed by atoms with Gasteiger partial charge in [0, 0.05) is 26.0 Å². The van der Waals surface area contributed by atoms with Crippen molar-refractivity contribution in [3.8, 4) is 5.75 Å². The first-order valence-corrected chi connectivity index (χ1v) is 6.41. The van der Waals surface area contributed by atoms with Crippen LogP contribution in [0.25, 0.3) is 0 Å². The molecule has 0 saturated carbocycles. The van der Waals surface area contributed by atoms with Crippen molar-refractivity contribution in [1.29, 1.82) is 0 Å². The number of aromatic nitrogens is 2. The Morgan fingerprint density at radius 3 is 2.58 bits per heavy atom. The van der Waals surface area contributed by atoms with Crippen LogP contribution in [-0.4, -0.2) is 23.2 Å². The lowest BCUT2D eigenvalue weighted by atomic mass is 9.92. The minimum absolute atomic E-state index is 0.115. The number of hydrogen-bond acceptors (Lipinski definition) is 3. The monoisotopic (exact) mass is 259 g/mol. The number of rotatable bonds is 4. The van der Waals surface area contributed by atoms with Crippen LogP contribution in [0.3, 0.4) is 0 Å². The molecule has 1 aromatic heterocycles. The van der Waals surface area contributed by atoms with E-state index in [0.717, 1.165) is 17.1 Å². The van der Waals surface area contributed by atoms with Gasteiger partial charge in [-0.15, -0.1) is 0 Å². The highest BCUT2D eigenvalue weighted by Gasteiger charge is 2.19. The topological polar surface area (TPSA) is 53.1 Å². The lowest BCUT2D eigenvalue weighted by Crippen LogP contribution is -2.18. The summed E-state index contributed by atoms with van der Waals surface area (Å²) in [7, 11) is 3.69. The molecule has 0 aliphatic heterocycles. The van der Waals surface area contributed by atoms with E-state index in [4.69, 9.17) is 10.5 Å². The number of methoxy groups -OCH3 is 1. The van der Waals surface area contributed by atoms with Gasteiger partial charge in [-0.3, -0.25) is 0 Å². The average molecular weight is 259 g/mol. The molecule has 1 heterocycles. The predicted octanol–water partition coefficient (Wildman–Crippen LogP) is 2.14. The highest BCUT2D eigenvalue weighted by atomic mass is 16.5. The van der Waals surface area contributed by atoms with Crippen molar-refractivity contribution in [2.24, 2.45) is 12.8 Å². The van der Waals surface area contributed by atoms with Crippen LogP contribution in [-0.2, 0) is 7.05 Å². The molecule has 0 aliphatic carbocycles. The normalized spacial score (nSPS) is 12.5. The van der Waals surface area contributed by atoms with Crippen molar-refractivity contribution in [2.45, 2.75) is 19.8 Å². The first-order chi connectivity index (χ1) is 9.08. The number of nitrogens with two attached hydrogens (primary N) is 1. The predicted molar refractivity (Wildman–Crippen MR) is 76.6 cm³/mol. The fraction of sp³-hybridized carbons (Fsp3) is 0.400. The van der Waals surface area contributed by atoms with Crippen LogP contribution in [0.2, 0.25) is 0 Å². The molecular weight excluding hydrogens is 238 g/mol. The molecule has 19 heavy (non-hydrogen) atoms. The number of benzene rings is 1. The Balaban J connectivity index is 2.50. The van der Waals surface area contributed by atoms with E-state index >= 15 is 0 Å². The minimum Gasteiger partial charge on any atom is -0.496 e. The summed E-state index contributed by atoms with van der Waals surface area (Å²) < 4.78 is 7.38. The highest BCUT2D eigenvalue weighted by Crippen LogP contribution is 2.30. The first-order valence-electron chi connectivity index (χ1n) is 6.41. The third-order valence-corrected chi connectivity index (χ3v) is 3.56. The molecule has 102 valence electrons. The van der Waals surface area contributed by atoms with Crippen LogP contribution < -0.4 is 10.5 Å². The fourth-order valence-electron chi connectivity index (χ4n) is 2.49. The second-order valence-electron chi connectivity index (χ2n) is 4.86. The summed E-state index contributed by atoms with van der Waals surface area (Å²) in [6.07, 6.45) is 3.76. The summed E-state index contributed by atoms with van der Waals surface area (Å²) in [6, 6.07) is 4.22. The lowest BCUT2D eigenvalue weighted by Gasteiger charge is -2.19. The minimum atomic E-state index is 0.115. The number of nitrogens with zero attached hydrogens (tertiary/aromatic N) is 2. The fourth-order valence-corrected chi connectivity index (χ4v) is 2.49. The zero-order chi connectivity index (χ0) is 14.0. The van der Waals surface area contributed by atoms with Crippen LogP contribution in [0.4, 0.5) is 0 Å². The van der Waals surface area contributed by atoms with Gasteiger partial charge in [0.1, 0.15) is 11.6 Å². The molecule has 4 heteroatoms. The van der Waals surface area contributed by atoms with Crippen molar-refractivity contribution in [3.63, 3.8) is 0 Å². The number of hydrogen-bond donors (Lipinski definition) is 1. The summed E-state index contributed by atoms with van der Waals surface area (Å²) in [5.41, 5.74) is 9.49. The third-order valence-electron chi connectivity index (χ3n) is 3.56. The Morgan fingerprint density at radius 2 is 2.05 bits per heavy atom. The third kappa shape index (κ3) is 2.49. The Kier molecular flexibility index (Phi) is 3.90. The Labute approximate surface area is 114 Å². The van der Waals surface area contributed by atoms with Crippen LogP contribution in [0.5, 0.6) is 5.75 Å². The standard InChI is InChI=1S/C15H21N3O/c1-10-8-14(19-4)11(2)7-12(10)13(9-16)15-17-5-6-18(15)3/h5-8,13H,9,16H2,1-4H3. The van der Waals surface area contributed by atoms with E-state index in [1.54, 1.807) is 7.11 Å². The van der Waals surface area contributed by atoms with Crippen molar-refractivity contribution in [3.05, 3.63) is 47.0 Å².